The van der Waals surface area contributed by atoms with E-state index in [9.17, 15) is 14.0 Å². The van der Waals surface area contributed by atoms with Crippen LogP contribution in [-0.4, -0.2) is 41.1 Å². The Morgan fingerprint density at radius 2 is 2.00 bits per heavy atom. The summed E-state index contributed by atoms with van der Waals surface area (Å²) in [6.45, 7) is 0.769. The van der Waals surface area contributed by atoms with Crippen LogP contribution in [0.15, 0.2) is 45.8 Å². The van der Waals surface area contributed by atoms with Gasteiger partial charge in [-0.25, -0.2) is 14.0 Å². The summed E-state index contributed by atoms with van der Waals surface area (Å²) in [5.74, 6) is -1.88. The highest BCUT2D eigenvalue weighted by Gasteiger charge is 2.14. The van der Waals surface area contributed by atoms with Gasteiger partial charge in [-0.3, -0.25) is 4.99 Å². The molecule has 3 rings (SSSR count). The molecule has 1 aromatic heterocycles. The second-order valence-corrected chi connectivity index (χ2v) is 4.97. The molecule has 2 aromatic rings. The number of halogens is 1. The molecule has 1 atom stereocenters. The van der Waals surface area contributed by atoms with E-state index in [1.54, 1.807) is 12.4 Å². The Bertz CT molecular complexity index is 773. The summed E-state index contributed by atoms with van der Waals surface area (Å²) in [7, 11) is 0. The zero-order chi connectivity index (χ0) is 17.5. The molecule has 1 unspecified atom stereocenters. The fourth-order valence-electron chi connectivity index (χ4n) is 2.07. The molecule has 2 heterocycles. The van der Waals surface area contributed by atoms with E-state index in [1.165, 1.54) is 12.1 Å². The first-order valence-corrected chi connectivity index (χ1v) is 7.00. The summed E-state index contributed by atoms with van der Waals surface area (Å²) in [5, 5.41) is 19.6. The van der Waals surface area contributed by atoms with Gasteiger partial charge in [-0.1, -0.05) is 0 Å². The quantitative estimate of drug-likeness (QED) is 0.735. The van der Waals surface area contributed by atoms with Crippen molar-refractivity contribution in [2.75, 3.05) is 6.54 Å². The van der Waals surface area contributed by atoms with Gasteiger partial charge >= 0.3 is 11.9 Å². The Kier molecular flexibility index (Phi) is 5.67. The van der Waals surface area contributed by atoms with Crippen LogP contribution in [0, 0.1) is 5.82 Å². The summed E-state index contributed by atoms with van der Waals surface area (Å²) in [6, 6.07) is 6.74. The highest BCUT2D eigenvalue weighted by atomic mass is 19.1. The van der Waals surface area contributed by atoms with Crippen molar-refractivity contribution in [2.24, 2.45) is 4.99 Å². The molecule has 1 aromatic carbocycles. The third-order valence-corrected chi connectivity index (χ3v) is 3.07. The lowest BCUT2D eigenvalue weighted by atomic mass is 10.1. The second kappa shape index (κ2) is 7.91. The predicted molar refractivity (Wildman–Crippen MR) is 84.6 cm³/mol. The number of aliphatic imine (C=N–C) groups is 1. The molecule has 0 saturated heterocycles. The van der Waals surface area contributed by atoms with E-state index in [1.807, 2.05) is 6.07 Å². The number of nitrogens with zero attached hydrogens (tertiary/aromatic N) is 1. The van der Waals surface area contributed by atoms with Crippen molar-refractivity contribution in [2.45, 2.75) is 12.5 Å². The van der Waals surface area contributed by atoms with Gasteiger partial charge < -0.3 is 19.9 Å². The maximum Gasteiger partial charge on any atom is 0.328 e. The zero-order valence-electron chi connectivity index (χ0n) is 12.5. The third kappa shape index (κ3) is 5.24. The molecule has 3 N–H and O–H groups in total. The molecule has 24 heavy (non-hydrogen) atoms. The summed E-state index contributed by atoms with van der Waals surface area (Å²) in [4.78, 5) is 23.2. The molecule has 0 saturated carbocycles. The Labute approximate surface area is 136 Å². The first-order chi connectivity index (χ1) is 11.4. The molecular formula is C16H15FN2O5. The molecular weight excluding hydrogens is 319 g/mol. The van der Waals surface area contributed by atoms with Crippen LogP contribution in [0.4, 0.5) is 4.39 Å². The van der Waals surface area contributed by atoms with E-state index in [0.717, 1.165) is 29.7 Å². The number of carboxylic acids is 2. The van der Waals surface area contributed by atoms with Gasteiger partial charge in [-0.15, -0.1) is 0 Å². The Hall–Kier alpha value is -3.16. The number of nitrogens with one attached hydrogen (secondary N) is 1. The van der Waals surface area contributed by atoms with Gasteiger partial charge in [-0.2, -0.15) is 0 Å². The predicted octanol–water partition coefficient (Wildman–Crippen LogP) is 1.83. The standard InChI is InChI=1S/C12H11FN2O.C4H4O4/c13-9-1-2-12-8(3-9)4-11(16-12)5-10-6-14-7-15-10;5-3(6)1-2-4(7)8/h1-4,7,10H,5-6H2,(H,14,15);1-2H,(H,5,6)(H,7,8)/b;2-1+. The second-order valence-electron chi connectivity index (χ2n) is 4.97. The van der Waals surface area contributed by atoms with Gasteiger partial charge in [0, 0.05) is 24.0 Å². The highest BCUT2D eigenvalue weighted by molar-refractivity contribution is 5.89. The number of aliphatic carboxylic acids is 2. The molecule has 0 radical (unpaired) electrons. The minimum absolute atomic E-state index is 0.234. The molecule has 0 bridgehead atoms. The third-order valence-electron chi connectivity index (χ3n) is 3.07. The van der Waals surface area contributed by atoms with Crippen LogP contribution in [0.5, 0.6) is 0 Å². The van der Waals surface area contributed by atoms with Crippen molar-refractivity contribution in [3.05, 3.63) is 48.0 Å². The summed E-state index contributed by atoms with van der Waals surface area (Å²) in [5.41, 5.74) is 0.732. The molecule has 1 aliphatic rings. The number of benzene rings is 1. The van der Waals surface area contributed by atoms with Crippen molar-refractivity contribution in [3.8, 4) is 0 Å². The van der Waals surface area contributed by atoms with Crippen molar-refractivity contribution >= 4 is 29.2 Å². The van der Waals surface area contributed by atoms with E-state index in [0.29, 0.717) is 18.2 Å². The number of carboxylic acid groups (broad SMARTS) is 2. The number of fused-ring (bicyclic) bond motifs is 1. The van der Waals surface area contributed by atoms with E-state index < -0.39 is 11.9 Å². The SMILES string of the molecule is Fc1ccc2oc(CC3CN=CN3)cc2c1.O=C(O)/C=C/C(=O)O. The van der Waals surface area contributed by atoms with Gasteiger partial charge in [0.05, 0.1) is 18.9 Å². The Balaban J connectivity index is 0.000000224. The fraction of sp³-hybridized carbons (Fsp3) is 0.188. The van der Waals surface area contributed by atoms with Gasteiger partial charge in [0.1, 0.15) is 17.2 Å². The lowest BCUT2D eigenvalue weighted by molar-refractivity contribution is -0.134. The summed E-state index contributed by atoms with van der Waals surface area (Å²) in [6.07, 6.45) is 3.61. The highest BCUT2D eigenvalue weighted by Crippen LogP contribution is 2.21. The molecule has 0 spiro atoms. The molecule has 1 aliphatic heterocycles. The minimum Gasteiger partial charge on any atom is -0.478 e. The van der Waals surface area contributed by atoms with Gasteiger partial charge in [-0.05, 0) is 24.3 Å². The fourth-order valence-corrected chi connectivity index (χ4v) is 2.07. The summed E-state index contributed by atoms with van der Waals surface area (Å²) >= 11 is 0. The first kappa shape index (κ1) is 17.2. The van der Waals surface area contributed by atoms with E-state index in [4.69, 9.17) is 14.6 Å². The van der Waals surface area contributed by atoms with Crippen LogP contribution in [0.25, 0.3) is 11.0 Å². The average Bonchev–Trinajstić information content (AvgIpc) is 3.15. The number of hydrogen-bond acceptors (Lipinski definition) is 5. The first-order valence-electron chi connectivity index (χ1n) is 7.00. The van der Waals surface area contributed by atoms with Crippen LogP contribution in [0.2, 0.25) is 0 Å². The normalized spacial score (nSPS) is 16.0. The lowest BCUT2D eigenvalue weighted by Gasteiger charge is -2.05. The maximum absolute atomic E-state index is 13.0. The zero-order valence-corrected chi connectivity index (χ0v) is 12.5. The van der Waals surface area contributed by atoms with Crippen molar-refractivity contribution < 1.29 is 28.6 Å². The molecule has 0 fully saturated rings. The summed E-state index contributed by atoms with van der Waals surface area (Å²) < 4.78 is 18.6. The van der Waals surface area contributed by atoms with Crippen molar-refractivity contribution in [1.29, 1.82) is 0 Å². The number of hydrogen-bond donors (Lipinski definition) is 3. The number of rotatable bonds is 4. The number of carbonyl (C=O) groups is 2. The van der Waals surface area contributed by atoms with E-state index in [2.05, 4.69) is 10.3 Å². The largest absolute Gasteiger partial charge is 0.478 e. The van der Waals surface area contributed by atoms with E-state index >= 15 is 0 Å². The van der Waals surface area contributed by atoms with Crippen LogP contribution in [0.1, 0.15) is 5.76 Å². The molecule has 7 nitrogen and oxygen atoms in total. The maximum atomic E-state index is 13.0. The number of furan rings is 1. The monoisotopic (exact) mass is 334 g/mol. The molecule has 0 amide bonds. The van der Waals surface area contributed by atoms with Crippen LogP contribution < -0.4 is 5.32 Å². The average molecular weight is 334 g/mol. The van der Waals surface area contributed by atoms with E-state index in [-0.39, 0.29) is 5.82 Å². The van der Waals surface area contributed by atoms with Gasteiger partial charge in [0.2, 0.25) is 0 Å². The molecule has 0 aliphatic carbocycles. The van der Waals surface area contributed by atoms with Gasteiger partial charge in [0.25, 0.3) is 0 Å². The minimum atomic E-state index is -1.26. The molecule has 126 valence electrons. The van der Waals surface area contributed by atoms with Crippen LogP contribution in [-0.2, 0) is 16.0 Å². The van der Waals surface area contributed by atoms with Crippen LogP contribution in [0.3, 0.4) is 0 Å². The lowest BCUT2D eigenvalue weighted by Crippen LogP contribution is -2.26. The Morgan fingerprint density at radius 1 is 1.29 bits per heavy atom. The van der Waals surface area contributed by atoms with Gasteiger partial charge in [0.15, 0.2) is 0 Å². The van der Waals surface area contributed by atoms with Crippen molar-refractivity contribution in [1.82, 2.24) is 5.32 Å². The smallest absolute Gasteiger partial charge is 0.328 e. The molecule has 8 heteroatoms. The topological polar surface area (TPSA) is 112 Å². The Morgan fingerprint density at radius 3 is 2.58 bits per heavy atom. The van der Waals surface area contributed by atoms with Crippen LogP contribution >= 0.6 is 0 Å². The van der Waals surface area contributed by atoms with Crippen molar-refractivity contribution in [3.63, 3.8) is 0 Å².